The lowest BCUT2D eigenvalue weighted by molar-refractivity contribution is 0.419. The number of benzene rings is 1. The van der Waals surface area contributed by atoms with Crippen molar-refractivity contribution in [2.24, 2.45) is 0 Å². The fraction of sp³-hybridized carbons (Fsp3) is 0.412. The van der Waals surface area contributed by atoms with Gasteiger partial charge < -0.3 is 14.6 Å². The molecule has 108 valence electrons. The van der Waals surface area contributed by atoms with E-state index in [2.05, 4.69) is 62.3 Å². The predicted molar refractivity (Wildman–Crippen MR) is 83.8 cm³/mol. The minimum atomic E-state index is 0.111. The van der Waals surface area contributed by atoms with Crippen LogP contribution in [0.5, 0.6) is 0 Å². The summed E-state index contributed by atoms with van der Waals surface area (Å²) in [5, 5.41) is 3.50. The summed E-state index contributed by atoms with van der Waals surface area (Å²) in [5.41, 5.74) is 2.53. The van der Waals surface area contributed by atoms with Gasteiger partial charge in [-0.3, -0.25) is 0 Å². The molecule has 1 N–H and O–H groups in total. The van der Waals surface area contributed by atoms with Gasteiger partial charge >= 0.3 is 0 Å². The Hall–Kier alpha value is -1.74. The molecule has 0 saturated heterocycles. The molecule has 0 unspecified atom stereocenters. The van der Waals surface area contributed by atoms with Crippen LogP contribution in [0.2, 0.25) is 0 Å². The fourth-order valence-electron chi connectivity index (χ4n) is 2.01. The number of anilines is 1. The van der Waals surface area contributed by atoms with Crippen molar-refractivity contribution in [3.8, 4) is 0 Å². The van der Waals surface area contributed by atoms with E-state index in [-0.39, 0.29) is 5.54 Å². The summed E-state index contributed by atoms with van der Waals surface area (Å²) in [6, 6.07) is 12.4. The maximum atomic E-state index is 5.64. The minimum absolute atomic E-state index is 0.111. The standard InChI is InChI=1S/C17H24N2O/c1-17(2,3)18-12-14-10-11-20-16(14)13-19(4)15-8-6-5-7-9-15/h5-11,18H,12-13H2,1-4H3. The molecule has 3 heteroatoms. The molecule has 0 aliphatic carbocycles. The van der Waals surface area contributed by atoms with Crippen molar-refractivity contribution >= 4 is 5.69 Å². The summed E-state index contributed by atoms with van der Waals surface area (Å²) in [4.78, 5) is 2.19. The number of hydrogen-bond acceptors (Lipinski definition) is 3. The topological polar surface area (TPSA) is 28.4 Å². The Labute approximate surface area is 121 Å². The van der Waals surface area contributed by atoms with E-state index in [0.717, 1.165) is 18.8 Å². The van der Waals surface area contributed by atoms with Gasteiger partial charge in [0, 0.05) is 30.4 Å². The molecule has 2 aromatic rings. The number of para-hydroxylation sites is 1. The molecule has 1 heterocycles. The third-order valence-electron chi connectivity index (χ3n) is 3.22. The first kappa shape index (κ1) is 14.7. The normalized spacial score (nSPS) is 11.6. The van der Waals surface area contributed by atoms with Crippen molar-refractivity contribution in [2.45, 2.75) is 39.4 Å². The highest BCUT2D eigenvalue weighted by Crippen LogP contribution is 2.18. The molecule has 20 heavy (non-hydrogen) atoms. The van der Waals surface area contributed by atoms with Gasteiger partial charge in [-0.15, -0.1) is 0 Å². The highest BCUT2D eigenvalue weighted by atomic mass is 16.3. The van der Waals surface area contributed by atoms with Crippen molar-refractivity contribution in [1.82, 2.24) is 5.32 Å². The van der Waals surface area contributed by atoms with Crippen LogP contribution in [-0.2, 0) is 13.1 Å². The van der Waals surface area contributed by atoms with E-state index in [0.29, 0.717) is 0 Å². The Morgan fingerprint density at radius 1 is 1.10 bits per heavy atom. The molecule has 0 fully saturated rings. The molecule has 3 nitrogen and oxygen atoms in total. The zero-order chi connectivity index (χ0) is 14.6. The molecule has 1 aromatic heterocycles. The predicted octanol–water partition coefficient (Wildman–Crippen LogP) is 3.80. The molecular formula is C17H24N2O. The number of nitrogens with one attached hydrogen (secondary N) is 1. The lowest BCUT2D eigenvalue weighted by Gasteiger charge is -2.22. The number of hydrogen-bond donors (Lipinski definition) is 1. The first-order valence-electron chi connectivity index (χ1n) is 7.02. The fourth-order valence-corrected chi connectivity index (χ4v) is 2.01. The van der Waals surface area contributed by atoms with Gasteiger partial charge in [0.15, 0.2) is 0 Å². The first-order chi connectivity index (χ1) is 9.46. The minimum Gasteiger partial charge on any atom is -0.467 e. The molecular weight excluding hydrogens is 248 g/mol. The largest absolute Gasteiger partial charge is 0.467 e. The van der Waals surface area contributed by atoms with E-state index in [1.807, 2.05) is 12.1 Å². The van der Waals surface area contributed by atoms with Crippen molar-refractivity contribution in [3.05, 3.63) is 54.0 Å². The molecule has 0 bridgehead atoms. The van der Waals surface area contributed by atoms with Crippen LogP contribution in [-0.4, -0.2) is 12.6 Å². The summed E-state index contributed by atoms with van der Waals surface area (Å²) < 4.78 is 5.64. The van der Waals surface area contributed by atoms with Crippen LogP contribution in [0, 0.1) is 0 Å². The van der Waals surface area contributed by atoms with Gasteiger partial charge in [-0.25, -0.2) is 0 Å². The number of nitrogens with zero attached hydrogens (tertiary/aromatic N) is 1. The zero-order valence-electron chi connectivity index (χ0n) is 12.8. The SMILES string of the molecule is CN(Cc1occc1CNC(C)(C)C)c1ccccc1. The number of furan rings is 1. The maximum Gasteiger partial charge on any atom is 0.127 e. The van der Waals surface area contributed by atoms with Crippen molar-refractivity contribution in [3.63, 3.8) is 0 Å². The first-order valence-corrected chi connectivity index (χ1v) is 7.02. The quantitative estimate of drug-likeness (QED) is 0.897. The number of rotatable bonds is 5. The van der Waals surface area contributed by atoms with Gasteiger partial charge in [0.2, 0.25) is 0 Å². The van der Waals surface area contributed by atoms with Gasteiger partial charge in [-0.2, -0.15) is 0 Å². The van der Waals surface area contributed by atoms with Crippen molar-refractivity contribution in [1.29, 1.82) is 0 Å². The molecule has 0 atom stereocenters. The second-order valence-electron chi connectivity index (χ2n) is 6.16. The van der Waals surface area contributed by atoms with Gasteiger partial charge in [-0.1, -0.05) is 18.2 Å². The Bertz CT molecular complexity index is 525. The third-order valence-corrected chi connectivity index (χ3v) is 3.22. The van der Waals surface area contributed by atoms with E-state index in [9.17, 15) is 0 Å². The Kier molecular flexibility index (Phi) is 4.50. The second-order valence-corrected chi connectivity index (χ2v) is 6.16. The Morgan fingerprint density at radius 3 is 2.45 bits per heavy atom. The van der Waals surface area contributed by atoms with Gasteiger partial charge in [0.1, 0.15) is 5.76 Å². The van der Waals surface area contributed by atoms with E-state index < -0.39 is 0 Å². The van der Waals surface area contributed by atoms with Gasteiger partial charge in [0.25, 0.3) is 0 Å². The highest BCUT2D eigenvalue weighted by Gasteiger charge is 2.13. The van der Waals surface area contributed by atoms with Gasteiger partial charge in [-0.05, 0) is 39.0 Å². The molecule has 1 aromatic carbocycles. The lowest BCUT2D eigenvalue weighted by Crippen LogP contribution is -2.35. The van der Waals surface area contributed by atoms with E-state index in [1.54, 1.807) is 6.26 Å². The molecule has 0 saturated carbocycles. The molecule has 0 amide bonds. The molecule has 0 radical (unpaired) electrons. The average molecular weight is 272 g/mol. The molecule has 0 spiro atoms. The van der Waals surface area contributed by atoms with Crippen LogP contribution in [0.25, 0.3) is 0 Å². The summed E-state index contributed by atoms with van der Waals surface area (Å²) in [5.74, 6) is 1.02. The van der Waals surface area contributed by atoms with Crippen LogP contribution in [0.3, 0.4) is 0 Å². The van der Waals surface area contributed by atoms with E-state index in [1.165, 1.54) is 11.3 Å². The maximum absolute atomic E-state index is 5.64. The second kappa shape index (κ2) is 6.14. The smallest absolute Gasteiger partial charge is 0.127 e. The summed E-state index contributed by atoms with van der Waals surface area (Å²) >= 11 is 0. The van der Waals surface area contributed by atoms with Crippen LogP contribution in [0.4, 0.5) is 5.69 Å². The van der Waals surface area contributed by atoms with Crippen LogP contribution in [0.1, 0.15) is 32.1 Å². The Balaban J connectivity index is 2.02. The molecule has 0 aliphatic rings. The Morgan fingerprint density at radius 2 is 1.80 bits per heavy atom. The van der Waals surface area contributed by atoms with Crippen LogP contribution < -0.4 is 10.2 Å². The third kappa shape index (κ3) is 4.14. The zero-order valence-corrected chi connectivity index (χ0v) is 12.8. The van der Waals surface area contributed by atoms with Crippen LogP contribution >= 0.6 is 0 Å². The van der Waals surface area contributed by atoms with E-state index >= 15 is 0 Å². The van der Waals surface area contributed by atoms with Crippen LogP contribution in [0.15, 0.2) is 47.1 Å². The van der Waals surface area contributed by atoms with Crippen molar-refractivity contribution < 1.29 is 4.42 Å². The lowest BCUT2D eigenvalue weighted by atomic mass is 10.1. The van der Waals surface area contributed by atoms with Gasteiger partial charge in [0.05, 0.1) is 12.8 Å². The monoisotopic (exact) mass is 272 g/mol. The summed E-state index contributed by atoms with van der Waals surface area (Å²) in [6.45, 7) is 8.12. The molecule has 0 aliphatic heterocycles. The molecule has 2 rings (SSSR count). The van der Waals surface area contributed by atoms with E-state index in [4.69, 9.17) is 4.42 Å². The summed E-state index contributed by atoms with van der Waals surface area (Å²) in [6.07, 6.45) is 1.77. The summed E-state index contributed by atoms with van der Waals surface area (Å²) in [7, 11) is 2.08. The highest BCUT2D eigenvalue weighted by molar-refractivity contribution is 5.45. The van der Waals surface area contributed by atoms with Crippen molar-refractivity contribution in [2.75, 3.05) is 11.9 Å². The average Bonchev–Trinajstić information content (AvgIpc) is 2.84.